The van der Waals surface area contributed by atoms with Gasteiger partial charge in [0.05, 0.1) is 25.9 Å². The summed E-state index contributed by atoms with van der Waals surface area (Å²) < 4.78 is 13.5. The summed E-state index contributed by atoms with van der Waals surface area (Å²) in [5, 5.41) is 3.48. The van der Waals surface area contributed by atoms with E-state index in [4.69, 9.17) is 9.47 Å². The first-order valence-corrected chi connectivity index (χ1v) is 6.77. The number of likely N-dealkylation sites (N-methyl/N-ethyl adjacent to an activating group) is 1. The Balaban J connectivity index is 2.00. The van der Waals surface area contributed by atoms with E-state index in [1.165, 1.54) is 0 Å². The van der Waals surface area contributed by atoms with E-state index in [0.717, 1.165) is 25.3 Å². The Kier molecular flexibility index (Phi) is 5.16. The quantitative estimate of drug-likeness (QED) is 0.816. The third-order valence-corrected chi connectivity index (χ3v) is 3.30. The lowest BCUT2D eigenvalue weighted by molar-refractivity contribution is -0.101. The molecule has 0 saturated carbocycles. The fourth-order valence-corrected chi connectivity index (χ4v) is 2.35. The lowest BCUT2D eigenvalue weighted by atomic mass is 10.1. The Morgan fingerprint density at radius 1 is 1.50 bits per heavy atom. The van der Waals surface area contributed by atoms with E-state index in [0.29, 0.717) is 19.8 Å². The Hall–Kier alpha value is -0.910. The molecular weight excluding hydrogens is 230 g/mol. The average molecular weight is 253 g/mol. The van der Waals surface area contributed by atoms with Gasteiger partial charge >= 0.3 is 0 Å². The number of aromatic nitrogens is 2. The van der Waals surface area contributed by atoms with Crippen molar-refractivity contribution in [2.75, 3.05) is 26.4 Å². The number of rotatable bonds is 6. The number of nitrogens with one attached hydrogen (secondary N) is 1. The summed E-state index contributed by atoms with van der Waals surface area (Å²) in [7, 11) is 0. The van der Waals surface area contributed by atoms with E-state index >= 15 is 0 Å². The van der Waals surface area contributed by atoms with Crippen molar-refractivity contribution >= 4 is 0 Å². The van der Waals surface area contributed by atoms with Gasteiger partial charge in [-0.25, -0.2) is 4.98 Å². The molecule has 5 nitrogen and oxygen atoms in total. The van der Waals surface area contributed by atoms with Crippen LogP contribution in [0.1, 0.15) is 19.7 Å². The zero-order chi connectivity index (χ0) is 12.8. The van der Waals surface area contributed by atoms with Crippen LogP contribution in [0.5, 0.6) is 0 Å². The molecule has 18 heavy (non-hydrogen) atoms. The number of imidazole rings is 1. The lowest BCUT2D eigenvalue weighted by Gasteiger charge is -2.30. The summed E-state index contributed by atoms with van der Waals surface area (Å²) in [5.74, 6) is 1.11. The molecule has 0 bridgehead atoms. The minimum Gasteiger partial charge on any atom is -0.376 e. The van der Waals surface area contributed by atoms with Crippen molar-refractivity contribution in [3.8, 4) is 0 Å². The maximum Gasteiger partial charge on any atom is 0.110 e. The van der Waals surface area contributed by atoms with Gasteiger partial charge in [0.1, 0.15) is 5.82 Å². The van der Waals surface area contributed by atoms with Crippen molar-refractivity contribution in [1.82, 2.24) is 14.9 Å². The molecule has 1 aliphatic heterocycles. The number of hydrogen-bond acceptors (Lipinski definition) is 4. The van der Waals surface area contributed by atoms with Crippen LogP contribution < -0.4 is 5.32 Å². The SMILES string of the molecule is CCNC(Cc1nccn1CC)C1COCCO1. The highest BCUT2D eigenvalue weighted by Crippen LogP contribution is 2.11. The molecule has 1 saturated heterocycles. The van der Waals surface area contributed by atoms with Gasteiger partial charge in [-0.3, -0.25) is 0 Å². The molecule has 102 valence electrons. The Morgan fingerprint density at radius 3 is 3.06 bits per heavy atom. The van der Waals surface area contributed by atoms with Crippen molar-refractivity contribution in [2.24, 2.45) is 0 Å². The molecule has 1 fully saturated rings. The number of nitrogens with zero attached hydrogens (tertiary/aromatic N) is 2. The molecule has 0 amide bonds. The monoisotopic (exact) mass is 253 g/mol. The maximum absolute atomic E-state index is 5.79. The molecule has 0 aliphatic carbocycles. The smallest absolute Gasteiger partial charge is 0.110 e. The molecule has 1 N–H and O–H groups in total. The van der Waals surface area contributed by atoms with E-state index in [9.17, 15) is 0 Å². The standard InChI is InChI=1S/C13H23N3O2/c1-3-14-11(12-10-17-7-8-18-12)9-13-15-5-6-16(13)4-2/h5-6,11-12,14H,3-4,7-10H2,1-2H3. The third-order valence-electron chi connectivity index (χ3n) is 3.30. The van der Waals surface area contributed by atoms with Gasteiger partial charge < -0.3 is 19.4 Å². The Morgan fingerprint density at radius 2 is 2.39 bits per heavy atom. The number of hydrogen-bond donors (Lipinski definition) is 1. The molecule has 1 aromatic heterocycles. The van der Waals surface area contributed by atoms with Gasteiger partial charge in [-0.1, -0.05) is 6.92 Å². The van der Waals surface area contributed by atoms with Crippen LogP contribution in [-0.4, -0.2) is 48.1 Å². The molecule has 0 spiro atoms. The average Bonchev–Trinajstić information content (AvgIpc) is 2.86. The maximum atomic E-state index is 5.79. The zero-order valence-electron chi connectivity index (χ0n) is 11.3. The van der Waals surface area contributed by atoms with Crippen LogP contribution in [0.3, 0.4) is 0 Å². The number of aryl methyl sites for hydroxylation is 1. The fraction of sp³-hybridized carbons (Fsp3) is 0.769. The summed E-state index contributed by atoms with van der Waals surface area (Å²) in [6.07, 6.45) is 4.89. The van der Waals surface area contributed by atoms with Gasteiger partial charge in [0, 0.05) is 31.4 Å². The second kappa shape index (κ2) is 6.87. The minimum atomic E-state index is 0.126. The molecule has 2 unspecified atom stereocenters. The fourth-order valence-electron chi connectivity index (χ4n) is 2.35. The summed E-state index contributed by atoms with van der Waals surface area (Å²) in [6, 6.07) is 0.267. The van der Waals surface area contributed by atoms with Gasteiger partial charge in [0.25, 0.3) is 0 Å². The predicted molar refractivity (Wildman–Crippen MR) is 69.6 cm³/mol. The molecule has 1 aliphatic rings. The topological polar surface area (TPSA) is 48.3 Å². The Labute approximate surface area is 108 Å². The van der Waals surface area contributed by atoms with Gasteiger partial charge in [-0.2, -0.15) is 0 Å². The van der Waals surface area contributed by atoms with Gasteiger partial charge in [-0.05, 0) is 13.5 Å². The number of ether oxygens (including phenoxy) is 2. The van der Waals surface area contributed by atoms with Crippen LogP contribution in [0.4, 0.5) is 0 Å². The normalized spacial score (nSPS) is 22.0. The largest absolute Gasteiger partial charge is 0.376 e. The first kappa shape index (κ1) is 13.5. The second-order valence-electron chi connectivity index (χ2n) is 4.48. The highest BCUT2D eigenvalue weighted by molar-refractivity contribution is 4.97. The van der Waals surface area contributed by atoms with Gasteiger partial charge in [0.15, 0.2) is 0 Å². The molecule has 0 aromatic carbocycles. The predicted octanol–water partition coefficient (Wildman–Crippen LogP) is 0.839. The summed E-state index contributed by atoms with van der Waals surface area (Å²) >= 11 is 0. The minimum absolute atomic E-state index is 0.126. The van der Waals surface area contributed by atoms with Crippen LogP contribution in [0.25, 0.3) is 0 Å². The zero-order valence-corrected chi connectivity index (χ0v) is 11.3. The van der Waals surface area contributed by atoms with Crippen LogP contribution in [0.15, 0.2) is 12.4 Å². The van der Waals surface area contributed by atoms with Crippen molar-refractivity contribution in [3.63, 3.8) is 0 Å². The van der Waals surface area contributed by atoms with E-state index in [1.54, 1.807) is 0 Å². The molecule has 2 rings (SSSR count). The summed E-state index contributed by atoms with van der Waals surface area (Å²) in [5.41, 5.74) is 0. The molecule has 2 heterocycles. The van der Waals surface area contributed by atoms with Gasteiger partial charge in [0.2, 0.25) is 0 Å². The first-order valence-electron chi connectivity index (χ1n) is 6.77. The first-order chi connectivity index (χ1) is 8.85. The second-order valence-corrected chi connectivity index (χ2v) is 4.48. The lowest BCUT2D eigenvalue weighted by Crippen LogP contribution is -2.48. The van der Waals surface area contributed by atoms with Crippen molar-refractivity contribution in [1.29, 1.82) is 0 Å². The molecule has 2 atom stereocenters. The van der Waals surface area contributed by atoms with Crippen LogP contribution >= 0.6 is 0 Å². The molecule has 5 heteroatoms. The van der Waals surface area contributed by atoms with E-state index in [1.807, 2.05) is 12.4 Å². The van der Waals surface area contributed by atoms with Crippen molar-refractivity contribution in [3.05, 3.63) is 18.2 Å². The van der Waals surface area contributed by atoms with Crippen LogP contribution in [-0.2, 0) is 22.4 Å². The third kappa shape index (κ3) is 3.31. The summed E-state index contributed by atoms with van der Waals surface area (Å²) in [4.78, 5) is 4.43. The highest BCUT2D eigenvalue weighted by Gasteiger charge is 2.25. The molecular formula is C13H23N3O2. The molecule has 1 aromatic rings. The van der Waals surface area contributed by atoms with Crippen LogP contribution in [0.2, 0.25) is 0 Å². The van der Waals surface area contributed by atoms with Crippen molar-refractivity contribution < 1.29 is 9.47 Å². The van der Waals surface area contributed by atoms with Gasteiger partial charge in [-0.15, -0.1) is 0 Å². The van der Waals surface area contributed by atoms with Crippen LogP contribution in [0, 0.1) is 0 Å². The van der Waals surface area contributed by atoms with E-state index < -0.39 is 0 Å². The van der Waals surface area contributed by atoms with E-state index in [-0.39, 0.29) is 12.1 Å². The molecule has 0 radical (unpaired) electrons. The highest BCUT2D eigenvalue weighted by atomic mass is 16.6. The summed E-state index contributed by atoms with van der Waals surface area (Å²) in [6.45, 7) is 8.20. The Bertz CT molecular complexity index is 348. The van der Waals surface area contributed by atoms with Crippen molar-refractivity contribution in [2.45, 2.75) is 39.0 Å². The van der Waals surface area contributed by atoms with E-state index in [2.05, 4.69) is 28.7 Å².